The molecule has 0 aliphatic carbocycles. The van der Waals surface area contributed by atoms with Gasteiger partial charge >= 0.3 is 0 Å². The summed E-state index contributed by atoms with van der Waals surface area (Å²) in [5, 5.41) is 3.04. The fourth-order valence-corrected chi connectivity index (χ4v) is 0.988. The highest BCUT2D eigenvalue weighted by Gasteiger charge is 2.03. The maximum absolute atomic E-state index is 5.43. The number of ether oxygens (including phenoxy) is 1. The summed E-state index contributed by atoms with van der Waals surface area (Å²) in [6, 6.07) is 1.67. The summed E-state index contributed by atoms with van der Waals surface area (Å²) in [6.07, 6.45) is 6.79. The molecule has 0 radical (unpaired) electrons. The molecule has 15 heavy (non-hydrogen) atoms. The van der Waals surface area contributed by atoms with Crippen LogP contribution in [0.2, 0.25) is 0 Å². The van der Waals surface area contributed by atoms with Crippen molar-refractivity contribution in [3.63, 3.8) is 0 Å². The van der Waals surface area contributed by atoms with Gasteiger partial charge in [-0.1, -0.05) is 5.92 Å². The van der Waals surface area contributed by atoms with Crippen LogP contribution in [0, 0.1) is 12.3 Å². The molecule has 0 saturated heterocycles. The van der Waals surface area contributed by atoms with E-state index in [1.54, 1.807) is 6.07 Å². The minimum atomic E-state index is -0.0631. The Labute approximate surface area is 90.1 Å². The van der Waals surface area contributed by atoms with Gasteiger partial charge in [-0.15, -0.1) is 6.42 Å². The third kappa shape index (κ3) is 3.86. The Hall–Kier alpha value is -1.76. The number of nitrogens with one attached hydrogen (secondary N) is 1. The lowest BCUT2D eigenvalue weighted by Crippen LogP contribution is -2.14. The van der Waals surface area contributed by atoms with Gasteiger partial charge in [0.05, 0.1) is 12.1 Å². The minimum Gasteiger partial charge on any atom is -0.475 e. The molecule has 0 aliphatic heterocycles. The highest BCUT2D eigenvalue weighted by molar-refractivity contribution is 5.39. The Bertz CT molecular complexity index is 357. The number of nitrogens with zero attached hydrogens (tertiary/aromatic N) is 2. The first kappa shape index (κ1) is 11.3. The summed E-state index contributed by atoms with van der Waals surface area (Å²) in [5.74, 6) is 3.78. The van der Waals surface area contributed by atoms with Crippen LogP contribution >= 0.6 is 0 Å². The molecule has 1 rings (SSSR count). The molecule has 1 aromatic heterocycles. The van der Waals surface area contributed by atoms with Crippen molar-refractivity contribution in [2.24, 2.45) is 0 Å². The van der Waals surface area contributed by atoms with E-state index < -0.39 is 0 Å². The molecule has 80 valence electrons. The van der Waals surface area contributed by atoms with Gasteiger partial charge in [-0.3, -0.25) is 0 Å². The molecular formula is C11H15N3O. The summed E-state index contributed by atoms with van der Waals surface area (Å²) in [5.41, 5.74) is 0. The molecule has 0 aliphatic rings. The van der Waals surface area contributed by atoms with Gasteiger partial charge in [-0.2, -0.15) is 0 Å². The standard InChI is InChI=1S/C11H15N3O/c1-5-9(4)14-10-6-11(13-7-12-10)15-8(2)3/h1,6-9H,2-4H3,(H,12,13,14). The summed E-state index contributed by atoms with van der Waals surface area (Å²) in [7, 11) is 0. The van der Waals surface area contributed by atoms with Gasteiger partial charge in [0, 0.05) is 6.07 Å². The molecule has 0 saturated carbocycles. The van der Waals surface area contributed by atoms with E-state index in [1.165, 1.54) is 6.33 Å². The average molecular weight is 205 g/mol. The zero-order valence-electron chi connectivity index (χ0n) is 9.19. The summed E-state index contributed by atoms with van der Waals surface area (Å²) in [4.78, 5) is 8.02. The van der Waals surface area contributed by atoms with E-state index in [2.05, 4.69) is 21.2 Å². The average Bonchev–Trinajstić information content (AvgIpc) is 2.17. The Morgan fingerprint density at radius 3 is 2.73 bits per heavy atom. The van der Waals surface area contributed by atoms with Crippen LogP contribution in [-0.4, -0.2) is 22.1 Å². The lowest BCUT2D eigenvalue weighted by atomic mass is 10.3. The van der Waals surface area contributed by atoms with Gasteiger partial charge in [0.25, 0.3) is 0 Å². The van der Waals surface area contributed by atoms with Crippen molar-refractivity contribution in [1.82, 2.24) is 9.97 Å². The first-order chi connectivity index (χ1) is 7.11. The predicted molar refractivity (Wildman–Crippen MR) is 59.7 cm³/mol. The van der Waals surface area contributed by atoms with Crippen molar-refractivity contribution >= 4 is 5.82 Å². The normalized spacial score (nSPS) is 11.9. The molecule has 4 nitrogen and oxygen atoms in total. The Morgan fingerprint density at radius 1 is 1.40 bits per heavy atom. The van der Waals surface area contributed by atoms with Crippen LogP contribution in [0.5, 0.6) is 5.88 Å². The third-order valence-corrected chi connectivity index (χ3v) is 1.61. The Morgan fingerprint density at radius 2 is 2.13 bits per heavy atom. The molecule has 0 fully saturated rings. The molecule has 1 N–H and O–H groups in total. The first-order valence-corrected chi connectivity index (χ1v) is 4.83. The zero-order valence-corrected chi connectivity index (χ0v) is 9.19. The van der Waals surface area contributed by atoms with E-state index in [9.17, 15) is 0 Å². The SMILES string of the molecule is C#CC(C)Nc1cc(OC(C)C)ncn1. The number of hydrogen-bond donors (Lipinski definition) is 1. The fraction of sp³-hybridized carbons (Fsp3) is 0.455. The Balaban J connectivity index is 2.70. The van der Waals surface area contributed by atoms with E-state index in [0.29, 0.717) is 11.7 Å². The topological polar surface area (TPSA) is 47.0 Å². The maximum Gasteiger partial charge on any atom is 0.218 e. The molecule has 1 unspecified atom stereocenters. The van der Waals surface area contributed by atoms with Crippen molar-refractivity contribution in [2.45, 2.75) is 32.9 Å². The monoisotopic (exact) mass is 205 g/mol. The molecule has 4 heteroatoms. The molecule has 0 aromatic carbocycles. The molecule has 0 amide bonds. The lowest BCUT2D eigenvalue weighted by Gasteiger charge is -2.11. The number of rotatable bonds is 4. The van der Waals surface area contributed by atoms with Crippen LogP contribution in [0.15, 0.2) is 12.4 Å². The maximum atomic E-state index is 5.43. The van der Waals surface area contributed by atoms with Crippen LogP contribution < -0.4 is 10.1 Å². The third-order valence-electron chi connectivity index (χ3n) is 1.61. The second kappa shape index (κ2) is 5.20. The van der Waals surface area contributed by atoms with E-state index >= 15 is 0 Å². The number of aromatic nitrogens is 2. The lowest BCUT2D eigenvalue weighted by molar-refractivity contribution is 0.232. The highest BCUT2D eigenvalue weighted by atomic mass is 16.5. The molecule has 0 spiro atoms. The largest absolute Gasteiger partial charge is 0.475 e. The van der Waals surface area contributed by atoms with Crippen molar-refractivity contribution in [1.29, 1.82) is 0 Å². The first-order valence-electron chi connectivity index (χ1n) is 4.83. The van der Waals surface area contributed by atoms with Gasteiger partial charge < -0.3 is 10.1 Å². The van der Waals surface area contributed by atoms with Crippen molar-refractivity contribution in [2.75, 3.05) is 5.32 Å². The van der Waals surface area contributed by atoms with E-state index in [1.807, 2.05) is 20.8 Å². The second-order valence-electron chi connectivity index (χ2n) is 3.44. The highest BCUT2D eigenvalue weighted by Crippen LogP contribution is 2.12. The van der Waals surface area contributed by atoms with Crippen LogP contribution in [0.25, 0.3) is 0 Å². The van der Waals surface area contributed by atoms with E-state index in [-0.39, 0.29) is 12.1 Å². The summed E-state index contributed by atoms with van der Waals surface area (Å²) < 4.78 is 5.43. The van der Waals surface area contributed by atoms with E-state index in [0.717, 1.165) is 0 Å². The molecule has 0 bridgehead atoms. The quantitative estimate of drug-likeness (QED) is 0.760. The zero-order chi connectivity index (χ0) is 11.3. The van der Waals surface area contributed by atoms with Gasteiger partial charge in [-0.25, -0.2) is 9.97 Å². The molecular weight excluding hydrogens is 190 g/mol. The van der Waals surface area contributed by atoms with Crippen LogP contribution in [-0.2, 0) is 0 Å². The number of hydrogen-bond acceptors (Lipinski definition) is 4. The van der Waals surface area contributed by atoms with Gasteiger partial charge in [-0.05, 0) is 20.8 Å². The summed E-state index contributed by atoms with van der Waals surface area (Å²) in [6.45, 7) is 5.77. The van der Waals surface area contributed by atoms with Crippen LogP contribution in [0.4, 0.5) is 5.82 Å². The van der Waals surface area contributed by atoms with Crippen LogP contribution in [0.1, 0.15) is 20.8 Å². The minimum absolute atomic E-state index is 0.0631. The number of anilines is 1. The number of terminal acetylenes is 1. The van der Waals surface area contributed by atoms with Crippen molar-refractivity contribution in [3.05, 3.63) is 12.4 Å². The Kier molecular flexibility index (Phi) is 3.92. The molecule has 1 aromatic rings. The summed E-state index contributed by atoms with van der Waals surface area (Å²) >= 11 is 0. The van der Waals surface area contributed by atoms with E-state index in [4.69, 9.17) is 11.2 Å². The van der Waals surface area contributed by atoms with Gasteiger partial charge in [0.15, 0.2) is 0 Å². The van der Waals surface area contributed by atoms with Gasteiger partial charge in [0.2, 0.25) is 5.88 Å². The molecule has 1 heterocycles. The molecule has 1 atom stereocenters. The van der Waals surface area contributed by atoms with Crippen molar-refractivity contribution in [3.8, 4) is 18.2 Å². The second-order valence-corrected chi connectivity index (χ2v) is 3.44. The fourth-order valence-electron chi connectivity index (χ4n) is 0.988. The smallest absolute Gasteiger partial charge is 0.218 e. The van der Waals surface area contributed by atoms with Crippen molar-refractivity contribution < 1.29 is 4.74 Å². The predicted octanol–water partition coefficient (Wildman–Crippen LogP) is 1.70. The van der Waals surface area contributed by atoms with Gasteiger partial charge in [0.1, 0.15) is 12.1 Å². The van der Waals surface area contributed by atoms with Crippen LogP contribution in [0.3, 0.4) is 0 Å².